The summed E-state index contributed by atoms with van der Waals surface area (Å²) in [5.74, 6) is 0.822. The van der Waals surface area contributed by atoms with Crippen molar-refractivity contribution in [1.29, 1.82) is 0 Å². The third-order valence-corrected chi connectivity index (χ3v) is 3.18. The van der Waals surface area contributed by atoms with Crippen LogP contribution in [0.3, 0.4) is 0 Å². The molecule has 1 heterocycles. The molecule has 0 radical (unpaired) electrons. The average molecular weight is 242 g/mol. The van der Waals surface area contributed by atoms with Gasteiger partial charge in [0, 0.05) is 26.0 Å². The van der Waals surface area contributed by atoms with Crippen molar-refractivity contribution in [2.24, 2.45) is 5.92 Å². The van der Waals surface area contributed by atoms with Gasteiger partial charge in [-0.25, -0.2) is 0 Å². The molecule has 2 rings (SSSR count). The lowest BCUT2D eigenvalue weighted by molar-refractivity contribution is 0.119. The molecule has 90 valence electrons. The van der Waals surface area contributed by atoms with Crippen LogP contribution in [0.15, 0.2) is 6.20 Å². The van der Waals surface area contributed by atoms with E-state index >= 15 is 0 Å². The van der Waals surface area contributed by atoms with Gasteiger partial charge in [0.2, 0.25) is 0 Å². The van der Waals surface area contributed by atoms with Crippen molar-refractivity contribution in [2.45, 2.75) is 32.4 Å². The van der Waals surface area contributed by atoms with E-state index in [0.29, 0.717) is 4.77 Å². The van der Waals surface area contributed by atoms with Crippen molar-refractivity contribution in [3.8, 4) is 0 Å². The molecule has 0 aromatic carbocycles. The van der Waals surface area contributed by atoms with Crippen LogP contribution in [0.25, 0.3) is 0 Å². The summed E-state index contributed by atoms with van der Waals surface area (Å²) in [5.41, 5.74) is 0.840. The zero-order chi connectivity index (χ0) is 11.4. The number of aromatic amines is 1. The molecule has 2 N–H and O–H groups in total. The van der Waals surface area contributed by atoms with Gasteiger partial charge in [-0.3, -0.25) is 0 Å². The highest BCUT2D eigenvalue weighted by Gasteiger charge is 2.20. The maximum absolute atomic E-state index is 9.10. The summed E-state index contributed by atoms with van der Waals surface area (Å²) in [7, 11) is 0. The van der Waals surface area contributed by atoms with Crippen LogP contribution in [0.4, 0.5) is 0 Å². The van der Waals surface area contributed by atoms with Gasteiger partial charge < -0.3 is 19.4 Å². The Hall–Kier alpha value is -0.650. The molecule has 0 saturated heterocycles. The average Bonchev–Trinajstić information content (AvgIpc) is 3.04. The molecule has 0 bridgehead atoms. The van der Waals surface area contributed by atoms with Crippen LogP contribution in [0.5, 0.6) is 0 Å². The van der Waals surface area contributed by atoms with E-state index in [0.717, 1.165) is 37.8 Å². The summed E-state index contributed by atoms with van der Waals surface area (Å²) < 4.78 is 8.15. The number of imidazole rings is 1. The fraction of sp³-hybridized carbons (Fsp3) is 0.727. The Balaban J connectivity index is 1.70. The molecule has 1 fully saturated rings. The highest BCUT2D eigenvalue weighted by molar-refractivity contribution is 7.71. The Morgan fingerprint density at radius 1 is 1.56 bits per heavy atom. The number of hydrogen-bond donors (Lipinski definition) is 2. The van der Waals surface area contributed by atoms with Crippen molar-refractivity contribution in [3.05, 3.63) is 16.7 Å². The van der Waals surface area contributed by atoms with Gasteiger partial charge in [0.15, 0.2) is 4.77 Å². The van der Waals surface area contributed by atoms with E-state index in [1.807, 2.05) is 4.57 Å². The maximum atomic E-state index is 9.10. The highest BCUT2D eigenvalue weighted by atomic mass is 32.1. The molecule has 0 amide bonds. The largest absolute Gasteiger partial charge is 0.390 e. The molecule has 1 aliphatic carbocycles. The molecule has 1 saturated carbocycles. The van der Waals surface area contributed by atoms with Gasteiger partial charge in [-0.05, 0) is 37.4 Å². The molecule has 4 nitrogen and oxygen atoms in total. The Labute approximate surface area is 100 Å². The van der Waals surface area contributed by atoms with Crippen molar-refractivity contribution in [1.82, 2.24) is 9.55 Å². The molecule has 0 spiro atoms. The van der Waals surface area contributed by atoms with Crippen LogP contribution < -0.4 is 0 Å². The summed E-state index contributed by atoms with van der Waals surface area (Å²) in [6.45, 7) is 2.51. The molecule has 1 aliphatic rings. The molecule has 1 aromatic rings. The first-order valence-electron chi connectivity index (χ1n) is 5.77. The minimum atomic E-state index is 0.0239. The van der Waals surface area contributed by atoms with Gasteiger partial charge in [-0.1, -0.05) is 0 Å². The summed E-state index contributed by atoms with van der Waals surface area (Å²) in [4.78, 5) is 2.93. The minimum absolute atomic E-state index is 0.0239. The van der Waals surface area contributed by atoms with Crippen LogP contribution in [0.2, 0.25) is 0 Å². The van der Waals surface area contributed by atoms with E-state index in [9.17, 15) is 0 Å². The van der Waals surface area contributed by atoms with Crippen molar-refractivity contribution >= 4 is 12.2 Å². The van der Waals surface area contributed by atoms with Crippen molar-refractivity contribution < 1.29 is 9.84 Å². The maximum Gasteiger partial charge on any atom is 0.177 e. The number of nitrogens with zero attached hydrogens (tertiary/aromatic N) is 1. The van der Waals surface area contributed by atoms with Gasteiger partial charge in [-0.15, -0.1) is 0 Å². The summed E-state index contributed by atoms with van der Waals surface area (Å²) >= 11 is 5.12. The molecule has 5 heteroatoms. The number of aliphatic hydroxyl groups excluding tert-OH is 1. The number of aliphatic hydroxyl groups is 1. The number of aromatic nitrogens is 2. The monoisotopic (exact) mass is 242 g/mol. The SMILES string of the molecule is OCc1c[nH]c(=S)n1CCCOCC1CC1. The summed E-state index contributed by atoms with van der Waals surface area (Å²) in [6, 6.07) is 0. The van der Waals surface area contributed by atoms with Gasteiger partial charge >= 0.3 is 0 Å². The first-order valence-corrected chi connectivity index (χ1v) is 6.18. The lowest BCUT2D eigenvalue weighted by atomic mass is 10.4. The second-order valence-electron chi connectivity index (χ2n) is 4.27. The predicted octanol–water partition coefficient (Wildman–Crippen LogP) is 1.85. The Morgan fingerprint density at radius 3 is 3.06 bits per heavy atom. The molecule has 16 heavy (non-hydrogen) atoms. The standard InChI is InChI=1S/C11H18N2O2S/c14-7-10-6-12-11(16)13(10)4-1-5-15-8-9-2-3-9/h6,9,14H,1-5,7-8H2,(H,12,16). The summed E-state index contributed by atoms with van der Waals surface area (Å²) in [6.07, 6.45) is 5.36. The Morgan fingerprint density at radius 2 is 2.38 bits per heavy atom. The smallest absolute Gasteiger partial charge is 0.177 e. The van der Waals surface area contributed by atoms with Crippen molar-refractivity contribution in [2.75, 3.05) is 13.2 Å². The predicted molar refractivity (Wildman–Crippen MR) is 63.7 cm³/mol. The van der Waals surface area contributed by atoms with E-state index in [-0.39, 0.29) is 6.61 Å². The van der Waals surface area contributed by atoms with Gasteiger partial charge in [0.05, 0.1) is 12.3 Å². The Kier molecular flexibility index (Phi) is 4.15. The van der Waals surface area contributed by atoms with Crippen LogP contribution in [-0.2, 0) is 17.9 Å². The molecule has 0 atom stereocenters. The number of ether oxygens (including phenoxy) is 1. The number of hydrogen-bond acceptors (Lipinski definition) is 3. The molecule has 0 aliphatic heterocycles. The molecular weight excluding hydrogens is 224 g/mol. The van der Waals surface area contributed by atoms with E-state index in [1.54, 1.807) is 6.20 Å². The third-order valence-electron chi connectivity index (χ3n) is 2.84. The molecule has 1 aromatic heterocycles. The number of H-pyrrole nitrogens is 1. The quantitative estimate of drug-likeness (QED) is 0.567. The van der Waals surface area contributed by atoms with E-state index in [1.165, 1.54) is 12.8 Å². The first-order chi connectivity index (χ1) is 7.81. The number of nitrogens with one attached hydrogen (secondary N) is 1. The lowest BCUT2D eigenvalue weighted by Crippen LogP contribution is -2.07. The van der Waals surface area contributed by atoms with Gasteiger partial charge in [0.25, 0.3) is 0 Å². The Bertz CT molecular complexity index is 382. The van der Waals surface area contributed by atoms with Crippen LogP contribution >= 0.6 is 12.2 Å². The van der Waals surface area contributed by atoms with Gasteiger partial charge in [-0.2, -0.15) is 0 Å². The zero-order valence-electron chi connectivity index (χ0n) is 9.32. The zero-order valence-corrected chi connectivity index (χ0v) is 10.1. The minimum Gasteiger partial charge on any atom is -0.390 e. The normalized spacial score (nSPS) is 15.6. The lowest BCUT2D eigenvalue weighted by Gasteiger charge is -2.06. The van der Waals surface area contributed by atoms with E-state index in [2.05, 4.69) is 4.98 Å². The van der Waals surface area contributed by atoms with E-state index < -0.39 is 0 Å². The van der Waals surface area contributed by atoms with Crippen LogP contribution in [0.1, 0.15) is 25.0 Å². The van der Waals surface area contributed by atoms with Crippen LogP contribution in [-0.4, -0.2) is 27.9 Å². The fourth-order valence-electron chi connectivity index (χ4n) is 1.67. The second-order valence-corrected chi connectivity index (χ2v) is 4.65. The van der Waals surface area contributed by atoms with Gasteiger partial charge in [0.1, 0.15) is 0 Å². The van der Waals surface area contributed by atoms with Crippen LogP contribution in [0, 0.1) is 10.7 Å². The molecule has 0 unspecified atom stereocenters. The van der Waals surface area contributed by atoms with Crippen molar-refractivity contribution in [3.63, 3.8) is 0 Å². The summed E-state index contributed by atoms with van der Waals surface area (Å²) in [5, 5.41) is 9.10. The van der Waals surface area contributed by atoms with E-state index in [4.69, 9.17) is 22.1 Å². The first kappa shape index (κ1) is 11.8. The number of rotatable bonds is 7. The fourth-order valence-corrected chi connectivity index (χ4v) is 1.93. The second kappa shape index (κ2) is 5.61. The topological polar surface area (TPSA) is 50.2 Å². The molecular formula is C11H18N2O2S. The third kappa shape index (κ3) is 3.17. The highest BCUT2D eigenvalue weighted by Crippen LogP contribution is 2.28.